The van der Waals surface area contributed by atoms with E-state index >= 15 is 0 Å². The standard InChI is InChI=1S/C29H30O4/c1-19-17-24(11-13-26(19)32-4)29(15-5-6-16-29)25-12-14-27(20(2)18-25)33-28(31)23-9-7-22(8-10-23)21(3)30/h7-14,17-18H,5-6,15-16H2,1-4H3. The zero-order valence-corrected chi connectivity index (χ0v) is 19.7. The first kappa shape index (κ1) is 22.8. The zero-order valence-electron chi connectivity index (χ0n) is 19.7. The summed E-state index contributed by atoms with van der Waals surface area (Å²) in [4.78, 5) is 24.1. The maximum atomic E-state index is 12.7. The van der Waals surface area contributed by atoms with Crippen molar-refractivity contribution < 1.29 is 19.1 Å². The molecule has 0 aliphatic heterocycles. The second kappa shape index (κ2) is 9.22. The maximum Gasteiger partial charge on any atom is 0.343 e. The third-order valence-corrected chi connectivity index (χ3v) is 6.86. The van der Waals surface area contributed by atoms with E-state index in [0.717, 1.165) is 29.7 Å². The lowest BCUT2D eigenvalue weighted by molar-refractivity contribution is 0.0733. The third kappa shape index (κ3) is 4.43. The first-order valence-corrected chi connectivity index (χ1v) is 11.4. The summed E-state index contributed by atoms with van der Waals surface area (Å²) < 4.78 is 11.2. The molecule has 0 N–H and O–H groups in total. The van der Waals surface area contributed by atoms with Crippen LogP contribution in [-0.4, -0.2) is 18.9 Å². The Bertz CT molecular complexity index is 1180. The van der Waals surface area contributed by atoms with E-state index in [1.54, 1.807) is 31.4 Å². The molecule has 0 amide bonds. The molecule has 0 saturated heterocycles. The minimum atomic E-state index is -0.428. The average Bonchev–Trinajstić information content (AvgIpc) is 3.31. The summed E-state index contributed by atoms with van der Waals surface area (Å²) in [5.74, 6) is 0.997. The van der Waals surface area contributed by atoms with Gasteiger partial charge in [-0.25, -0.2) is 4.79 Å². The highest BCUT2D eigenvalue weighted by Crippen LogP contribution is 2.48. The van der Waals surface area contributed by atoms with Gasteiger partial charge in [-0.3, -0.25) is 4.79 Å². The topological polar surface area (TPSA) is 52.6 Å². The lowest BCUT2D eigenvalue weighted by Gasteiger charge is -2.31. The molecule has 0 aromatic heterocycles. The van der Waals surface area contributed by atoms with Gasteiger partial charge in [0.15, 0.2) is 5.78 Å². The van der Waals surface area contributed by atoms with Crippen LogP contribution < -0.4 is 9.47 Å². The molecule has 1 aliphatic carbocycles. The molecule has 0 atom stereocenters. The largest absolute Gasteiger partial charge is 0.496 e. The number of benzene rings is 3. The van der Waals surface area contributed by atoms with Crippen molar-refractivity contribution in [3.63, 3.8) is 0 Å². The number of ether oxygens (including phenoxy) is 2. The number of hydrogen-bond donors (Lipinski definition) is 0. The number of ketones is 1. The van der Waals surface area contributed by atoms with E-state index in [1.165, 1.54) is 30.9 Å². The monoisotopic (exact) mass is 442 g/mol. The molecule has 0 spiro atoms. The number of aryl methyl sites for hydroxylation is 2. The van der Waals surface area contributed by atoms with Crippen LogP contribution in [0.5, 0.6) is 11.5 Å². The lowest BCUT2D eigenvalue weighted by Crippen LogP contribution is -2.24. The zero-order chi connectivity index (χ0) is 23.6. The fourth-order valence-electron chi connectivity index (χ4n) is 4.96. The van der Waals surface area contributed by atoms with E-state index in [0.29, 0.717) is 16.9 Å². The summed E-state index contributed by atoms with van der Waals surface area (Å²) in [5.41, 5.74) is 5.59. The maximum absolute atomic E-state index is 12.7. The molecule has 0 bridgehead atoms. The average molecular weight is 443 g/mol. The highest BCUT2D eigenvalue weighted by atomic mass is 16.5. The Morgan fingerprint density at radius 2 is 1.27 bits per heavy atom. The Labute approximate surface area is 195 Å². The molecule has 170 valence electrons. The van der Waals surface area contributed by atoms with Crippen molar-refractivity contribution in [2.24, 2.45) is 0 Å². The number of Topliss-reactive ketones (excluding diaryl/α,β-unsaturated/α-hetero) is 1. The van der Waals surface area contributed by atoms with E-state index in [4.69, 9.17) is 9.47 Å². The second-order valence-electron chi connectivity index (χ2n) is 8.98. The number of carbonyl (C=O) groups is 2. The van der Waals surface area contributed by atoms with Crippen LogP contribution >= 0.6 is 0 Å². The Kier molecular flexibility index (Phi) is 6.37. The molecular weight excluding hydrogens is 412 g/mol. The molecule has 3 aromatic carbocycles. The number of hydrogen-bond acceptors (Lipinski definition) is 4. The Morgan fingerprint density at radius 1 is 0.758 bits per heavy atom. The molecule has 4 rings (SSSR count). The van der Waals surface area contributed by atoms with Crippen molar-refractivity contribution in [2.45, 2.75) is 51.9 Å². The molecule has 4 heteroatoms. The van der Waals surface area contributed by atoms with Crippen LogP contribution in [-0.2, 0) is 5.41 Å². The van der Waals surface area contributed by atoms with Crippen LogP contribution in [0.3, 0.4) is 0 Å². The summed E-state index contributed by atoms with van der Waals surface area (Å²) in [6, 6.07) is 19.2. The smallest absolute Gasteiger partial charge is 0.343 e. The predicted molar refractivity (Wildman–Crippen MR) is 130 cm³/mol. The Hall–Kier alpha value is -3.40. The third-order valence-electron chi connectivity index (χ3n) is 6.86. The van der Waals surface area contributed by atoms with Gasteiger partial charge in [0.05, 0.1) is 12.7 Å². The summed E-state index contributed by atoms with van der Waals surface area (Å²) in [6.45, 7) is 5.57. The molecule has 0 heterocycles. The fraction of sp³-hybridized carbons (Fsp3) is 0.310. The first-order chi connectivity index (χ1) is 15.8. The van der Waals surface area contributed by atoms with Gasteiger partial charge in [-0.05, 0) is 80.1 Å². The van der Waals surface area contributed by atoms with Crippen molar-refractivity contribution in [3.05, 3.63) is 94.0 Å². The number of rotatable bonds is 6. The van der Waals surface area contributed by atoms with Crippen molar-refractivity contribution in [1.29, 1.82) is 0 Å². The number of carbonyl (C=O) groups excluding carboxylic acids is 2. The summed E-state index contributed by atoms with van der Waals surface area (Å²) in [5, 5.41) is 0. The Morgan fingerprint density at radius 3 is 1.76 bits per heavy atom. The summed E-state index contributed by atoms with van der Waals surface area (Å²) in [6.07, 6.45) is 4.58. The van der Waals surface area contributed by atoms with Gasteiger partial charge in [-0.1, -0.05) is 49.2 Å². The molecule has 1 fully saturated rings. The molecule has 33 heavy (non-hydrogen) atoms. The molecule has 1 aliphatic rings. The normalized spacial score (nSPS) is 14.7. The predicted octanol–water partition coefficient (Wildman–Crippen LogP) is 6.59. The lowest BCUT2D eigenvalue weighted by atomic mass is 9.72. The van der Waals surface area contributed by atoms with Gasteiger partial charge in [-0.2, -0.15) is 0 Å². The van der Waals surface area contributed by atoms with E-state index < -0.39 is 5.97 Å². The van der Waals surface area contributed by atoms with Gasteiger partial charge < -0.3 is 9.47 Å². The highest BCUT2D eigenvalue weighted by molar-refractivity contribution is 5.96. The van der Waals surface area contributed by atoms with Crippen molar-refractivity contribution in [3.8, 4) is 11.5 Å². The van der Waals surface area contributed by atoms with E-state index in [9.17, 15) is 9.59 Å². The van der Waals surface area contributed by atoms with Gasteiger partial charge in [0.2, 0.25) is 0 Å². The van der Waals surface area contributed by atoms with Gasteiger partial charge >= 0.3 is 5.97 Å². The molecule has 0 radical (unpaired) electrons. The molecule has 0 unspecified atom stereocenters. The van der Waals surface area contributed by atoms with Crippen LogP contribution in [0.25, 0.3) is 0 Å². The highest BCUT2D eigenvalue weighted by Gasteiger charge is 2.38. The summed E-state index contributed by atoms with van der Waals surface area (Å²) >= 11 is 0. The van der Waals surface area contributed by atoms with Crippen LogP contribution in [0.2, 0.25) is 0 Å². The quantitative estimate of drug-likeness (QED) is 0.245. The van der Waals surface area contributed by atoms with Crippen molar-refractivity contribution in [1.82, 2.24) is 0 Å². The van der Waals surface area contributed by atoms with Gasteiger partial charge in [-0.15, -0.1) is 0 Å². The fourth-order valence-corrected chi connectivity index (χ4v) is 4.96. The molecule has 3 aromatic rings. The number of esters is 1. The minimum Gasteiger partial charge on any atom is -0.496 e. The first-order valence-electron chi connectivity index (χ1n) is 11.4. The van der Waals surface area contributed by atoms with Gasteiger partial charge in [0.25, 0.3) is 0 Å². The van der Waals surface area contributed by atoms with Gasteiger partial charge in [0.1, 0.15) is 11.5 Å². The SMILES string of the molecule is COc1ccc(C2(c3ccc(OC(=O)c4ccc(C(C)=O)cc4)c(C)c3)CCCC2)cc1C. The van der Waals surface area contributed by atoms with E-state index in [1.807, 2.05) is 13.0 Å². The van der Waals surface area contributed by atoms with Crippen molar-refractivity contribution >= 4 is 11.8 Å². The van der Waals surface area contributed by atoms with E-state index in [2.05, 4.69) is 37.3 Å². The molecule has 4 nitrogen and oxygen atoms in total. The van der Waals surface area contributed by atoms with Crippen LogP contribution in [0.15, 0.2) is 60.7 Å². The summed E-state index contributed by atoms with van der Waals surface area (Å²) in [7, 11) is 1.70. The van der Waals surface area contributed by atoms with Crippen LogP contribution in [0, 0.1) is 13.8 Å². The van der Waals surface area contributed by atoms with Gasteiger partial charge in [0, 0.05) is 11.0 Å². The molecule has 1 saturated carbocycles. The molecular formula is C29H30O4. The van der Waals surface area contributed by atoms with Crippen molar-refractivity contribution in [2.75, 3.05) is 7.11 Å². The Balaban J connectivity index is 1.61. The van der Waals surface area contributed by atoms with Crippen LogP contribution in [0.1, 0.15) is 75.6 Å². The van der Waals surface area contributed by atoms with E-state index in [-0.39, 0.29) is 11.2 Å². The second-order valence-corrected chi connectivity index (χ2v) is 8.98. The minimum absolute atomic E-state index is 0.0331. The number of methoxy groups -OCH3 is 1. The van der Waals surface area contributed by atoms with Crippen LogP contribution in [0.4, 0.5) is 0 Å².